The summed E-state index contributed by atoms with van der Waals surface area (Å²) >= 11 is 0. The Balaban J connectivity index is 2.39. The summed E-state index contributed by atoms with van der Waals surface area (Å²) in [5.41, 5.74) is 2.30. The van der Waals surface area contributed by atoms with Crippen molar-refractivity contribution in [3.05, 3.63) is 59.7 Å². The molecule has 1 unspecified atom stereocenters. The van der Waals surface area contributed by atoms with Gasteiger partial charge in [0.25, 0.3) is 0 Å². The third-order valence-corrected chi connectivity index (χ3v) is 3.57. The minimum absolute atomic E-state index is 0.788. The van der Waals surface area contributed by atoms with Crippen molar-refractivity contribution in [2.75, 3.05) is 0 Å². The normalized spacial score (nSPS) is 17.4. The zero-order chi connectivity index (χ0) is 12.0. The molecular weight excluding hydrogens is 212 g/mol. The second-order valence-corrected chi connectivity index (χ2v) is 4.53. The molecule has 0 radical (unpaired) electrons. The van der Waals surface area contributed by atoms with E-state index in [-0.39, 0.29) is 0 Å². The van der Waals surface area contributed by atoms with Crippen LogP contribution in [0.25, 0.3) is 11.1 Å². The summed E-state index contributed by atoms with van der Waals surface area (Å²) in [5.74, 6) is 0. The van der Waals surface area contributed by atoms with E-state index in [4.69, 9.17) is 0 Å². The molecule has 0 spiro atoms. The van der Waals surface area contributed by atoms with Crippen LogP contribution in [0.3, 0.4) is 0 Å². The van der Waals surface area contributed by atoms with Gasteiger partial charge in [0.05, 0.1) is 6.10 Å². The van der Waals surface area contributed by atoms with Crippen LogP contribution in [0.4, 0.5) is 0 Å². The van der Waals surface area contributed by atoms with E-state index in [0.717, 1.165) is 22.3 Å². The van der Waals surface area contributed by atoms with Crippen molar-refractivity contribution in [2.45, 2.75) is 18.6 Å². The van der Waals surface area contributed by atoms with Crippen molar-refractivity contribution in [1.82, 2.24) is 0 Å². The first-order valence-electron chi connectivity index (χ1n) is 5.75. The number of hydrogen-bond donors (Lipinski definition) is 2. The Labute approximate surface area is 100 Å². The van der Waals surface area contributed by atoms with Gasteiger partial charge in [-0.25, -0.2) is 0 Å². The van der Waals surface area contributed by atoms with Crippen LogP contribution in [0.5, 0.6) is 0 Å². The fourth-order valence-electron chi connectivity index (χ4n) is 2.70. The molecule has 3 rings (SSSR count). The SMILES string of the molecule is CC(O)C1(O)c2ccccc2-c2ccccc21. The average molecular weight is 226 g/mol. The summed E-state index contributed by atoms with van der Waals surface area (Å²) in [4.78, 5) is 0. The Bertz CT molecular complexity index is 527. The quantitative estimate of drug-likeness (QED) is 0.783. The van der Waals surface area contributed by atoms with Crippen molar-refractivity contribution < 1.29 is 10.2 Å². The van der Waals surface area contributed by atoms with Crippen LogP contribution in [0.15, 0.2) is 48.5 Å². The molecule has 2 N–H and O–H groups in total. The second-order valence-electron chi connectivity index (χ2n) is 4.53. The molecule has 2 heteroatoms. The van der Waals surface area contributed by atoms with Gasteiger partial charge in [0.15, 0.2) is 0 Å². The van der Waals surface area contributed by atoms with E-state index in [2.05, 4.69) is 0 Å². The molecule has 0 heterocycles. The fraction of sp³-hybridized carbons (Fsp3) is 0.200. The number of fused-ring (bicyclic) bond motifs is 3. The first kappa shape index (κ1) is 10.5. The molecule has 1 aliphatic rings. The smallest absolute Gasteiger partial charge is 0.141 e. The van der Waals surface area contributed by atoms with Crippen molar-refractivity contribution >= 4 is 0 Å². The van der Waals surface area contributed by atoms with Gasteiger partial charge in [0.2, 0.25) is 0 Å². The Morgan fingerprint density at radius 1 is 0.882 bits per heavy atom. The molecule has 0 aromatic heterocycles. The highest BCUT2D eigenvalue weighted by Gasteiger charge is 2.44. The van der Waals surface area contributed by atoms with Gasteiger partial charge in [0, 0.05) is 0 Å². The Morgan fingerprint density at radius 3 is 1.71 bits per heavy atom. The lowest BCUT2D eigenvalue weighted by atomic mass is 9.87. The summed E-state index contributed by atoms with van der Waals surface area (Å²) < 4.78 is 0. The van der Waals surface area contributed by atoms with E-state index < -0.39 is 11.7 Å². The van der Waals surface area contributed by atoms with Crippen LogP contribution < -0.4 is 0 Å². The molecular formula is C15H14O2. The van der Waals surface area contributed by atoms with E-state index in [9.17, 15) is 10.2 Å². The fourth-order valence-corrected chi connectivity index (χ4v) is 2.70. The Morgan fingerprint density at radius 2 is 1.29 bits per heavy atom. The zero-order valence-corrected chi connectivity index (χ0v) is 9.59. The molecule has 2 nitrogen and oxygen atoms in total. The molecule has 0 fully saturated rings. The number of hydrogen-bond acceptors (Lipinski definition) is 2. The predicted molar refractivity (Wildman–Crippen MR) is 66.6 cm³/mol. The average Bonchev–Trinajstić information content (AvgIpc) is 2.63. The minimum atomic E-state index is -1.28. The third-order valence-electron chi connectivity index (χ3n) is 3.57. The first-order valence-corrected chi connectivity index (χ1v) is 5.75. The van der Waals surface area contributed by atoms with Crippen molar-refractivity contribution in [3.8, 4) is 11.1 Å². The van der Waals surface area contributed by atoms with Gasteiger partial charge in [-0.3, -0.25) is 0 Å². The predicted octanol–water partition coefficient (Wildman–Crippen LogP) is 2.28. The molecule has 0 bridgehead atoms. The van der Waals surface area contributed by atoms with Crippen LogP contribution in [0.2, 0.25) is 0 Å². The van der Waals surface area contributed by atoms with E-state index >= 15 is 0 Å². The lowest BCUT2D eigenvalue weighted by molar-refractivity contribution is -0.0361. The van der Waals surface area contributed by atoms with Crippen LogP contribution >= 0.6 is 0 Å². The van der Waals surface area contributed by atoms with Gasteiger partial charge in [0.1, 0.15) is 5.60 Å². The summed E-state index contributed by atoms with van der Waals surface area (Å²) in [7, 11) is 0. The first-order chi connectivity index (χ1) is 8.15. The Hall–Kier alpha value is -1.64. The summed E-state index contributed by atoms with van der Waals surface area (Å²) in [6.07, 6.45) is -0.840. The zero-order valence-electron chi connectivity index (χ0n) is 9.59. The maximum atomic E-state index is 10.8. The third kappa shape index (κ3) is 1.22. The molecule has 0 aliphatic heterocycles. The molecule has 0 saturated heterocycles. The van der Waals surface area contributed by atoms with Crippen LogP contribution in [-0.4, -0.2) is 16.3 Å². The molecule has 1 atom stereocenters. The molecule has 86 valence electrons. The van der Waals surface area contributed by atoms with Crippen molar-refractivity contribution in [1.29, 1.82) is 0 Å². The van der Waals surface area contributed by atoms with E-state index in [1.54, 1.807) is 6.92 Å². The minimum Gasteiger partial charge on any atom is -0.390 e. The summed E-state index contributed by atoms with van der Waals surface area (Å²) in [5, 5.41) is 20.8. The molecule has 2 aromatic carbocycles. The van der Waals surface area contributed by atoms with Gasteiger partial charge in [-0.05, 0) is 29.2 Å². The Kier molecular flexibility index (Phi) is 2.12. The molecule has 2 aromatic rings. The molecule has 0 saturated carbocycles. The van der Waals surface area contributed by atoms with Gasteiger partial charge >= 0.3 is 0 Å². The highest BCUT2D eigenvalue weighted by molar-refractivity contribution is 5.80. The lowest BCUT2D eigenvalue weighted by Gasteiger charge is -2.28. The highest BCUT2D eigenvalue weighted by atomic mass is 16.3. The van der Waals surface area contributed by atoms with Gasteiger partial charge in [-0.2, -0.15) is 0 Å². The maximum Gasteiger partial charge on any atom is 0.141 e. The van der Waals surface area contributed by atoms with E-state index in [1.165, 1.54) is 0 Å². The largest absolute Gasteiger partial charge is 0.390 e. The van der Waals surface area contributed by atoms with Crippen LogP contribution in [0.1, 0.15) is 18.1 Å². The van der Waals surface area contributed by atoms with E-state index in [1.807, 2.05) is 48.5 Å². The van der Waals surface area contributed by atoms with Gasteiger partial charge in [-0.1, -0.05) is 48.5 Å². The monoisotopic (exact) mass is 226 g/mol. The number of benzene rings is 2. The van der Waals surface area contributed by atoms with Crippen LogP contribution in [0, 0.1) is 0 Å². The molecule has 0 amide bonds. The number of aliphatic hydroxyl groups excluding tert-OH is 1. The van der Waals surface area contributed by atoms with Crippen molar-refractivity contribution in [3.63, 3.8) is 0 Å². The maximum absolute atomic E-state index is 10.8. The molecule has 1 aliphatic carbocycles. The lowest BCUT2D eigenvalue weighted by Crippen LogP contribution is -2.36. The van der Waals surface area contributed by atoms with E-state index in [0.29, 0.717) is 0 Å². The standard InChI is InChI=1S/C15H14O2/c1-10(16)15(17)13-8-4-2-6-11(13)12-7-3-5-9-14(12)15/h2-10,16-17H,1H3. The van der Waals surface area contributed by atoms with Gasteiger partial charge < -0.3 is 10.2 Å². The highest BCUT2D eigenvalue weighted by Crippen LogP contribution is 2.48. The number of rotatable bonds is 1. The summed E-state index contributed by atoms with van der Waals surface area (Å²) in [6, 6.07) is 15.4. The van der Waals surface area contributed by atoms with Crippen LogP contribution in [-0.2, 0) is 5.60 Å². The van der Waals surface area contributed by atoms with Gasteiger partial charge in [-0.15, -0.1) is 0 Å². The van der Waals surface area contributed by atoms with Crippen molar-refractivity contribution in [2.24, 2.45) is 0 Å². The number of aliphatic hydroxyl groups is 2. The second kappa shape index (κ2) is 3.42. The summed E-state index contributed by atoms with van der Waals surface area (Å²) in [6.45, 7) is 1.62. The molecule has 17 heavy (non-hydrogen) atoms. The topological polar surface area (TPSA) is 40.5 Å².